The SMILES string of the molecule is COc1ccc(C(=O)Nc2ccc3oc(-c4ccc(=O)n(C)n4)nc3c2)nc1. The van der Waals surface area contributed by atoms with Crippen molar-refractivity contribution in [2.24, 2.45) is 7.05 Å². The number of anilines is 1. The van der Waals surface area contributed by atoms with Crippen molar-refractivity contribution in [3.05, 3.63) is 64.7 Å². The van der Waals surface area contributed by atoms with Crippen molar-refractivity contribution in [1.29, 1.82) is 0 Å². The molecular weight excluding hydrogens is 362 g/mol. The molecule has 3 heterocycles. The number of oxazole rings is 1. The van der Waals surface area contributed by atoms with E-state index in [1.165, 1.54) is 24.1 Å². The summed E-state index contributed by atoms with van der Waals surface area (Å²) in [6.45, 7) is 0. The van der Waals surface area contributed by atoms with Crippen LogP contribution in [0.1, 0.15) is 10.5 Å². The number of nitrogens with zero attached hydrogens (tertiary/aromatic N) is 4. The number of hydrogen-bond acceptors (Lipinski definition) is 7. The van der Waals surface area contributed by atoms with Gasteiger partial charge in [-0.25, -0.2) is 14.6 Å². The molecule has 9 nitrogen and oxygen atoms in total. The molecule has 3 aromatic heterocycles. The first kappa shape index (κ1) is 17.4. The first-order valence-corrected chi connectivity index (χ1v) is 8.30. The molecule has 1 N–H and O–H groups in total. The molecule has 0 saturated heterocycles. The summed E-state index contributed by atoms with van der Waals surface area (Å²) in [5.74, 6) is 0.497. The Hall–Kier alpha value is -4.01. The molecule has 0 radical (unpaired) electrons. The standard InChI is InChI=1S/C19H15N5O4/c1-24-17(25)8-6-14(23-24)19-22-15-9-11(3-7-16(15)28-19)21-18(26)13-5-4-12(27-2)10-20-13/h3-10H,1-2H3,(H,21,26). The Bertz CT molecular complexity index is 1230. The summed E-state index contributed by atoms with van der Waals surface area (Å²) >= 11 is 0. The van der Waals surface area contributed by atoms with Crippen molar-refractivity contribution in [1.82, 2.24) is 19.7 Å². The lowest BCUT2D eigenvalue weighted by Crippen LogP contribution is -2.18. The highest BCUT2D eigenvalue weighted by molar-refractivity contribution is 6.03. The van der Waals surface area contributed by atoms with Gasteiger partial charge in [0.2, 0.25) is 5.89 Å². The van der Waals surface area contributed by atoms with Gasteiger partial charge in [0.25, 0.3) is 11.5 Å². The van der Waals surface area contributed by atoms with Gasteiger partial charge in [0, 0.05) is 18.8 Å². The van der Waals surface area contributed by atoms with Crippen LogP contribution in [0, 0.1) is 0 Å². The maximum absolute atomic E-state index is 12.3. The molecule has 1 aromatic carbocycles. The Morgan fingerprint density at radius 2 is 2.04 bits per heavy atom. The fourth-order valence-electron chi connectivity index (χ4n) is 2.56. The minimum absolute atomic E-state index is 0.225. The van der Waals surface area contributed by atoms with Gasteiger partial charge in [-0.1, -0.05) is 0 Å². The van der Waals surface area contributed by atoms with Gasteiger partial charge >= 0.3 is 0 Å². The number of nitrogens with one attached hydrogen (secondary N) is 1. The maximum atomic E-state index is 12.3. The smallest absolute Gasteiger partial charge is 0.274 e. The summed E-state index contributed by atoms with van der Waals surface area (Å²) in [6.07, 6.45) is 1.47. The number of carbonyl (C=O) groups is 1. The lowest BCUT2D eigenvalue weighted by Gasteiger charge is -2.05. The molecule has 0 fully saturated rings. The lowest BCUT2D eigenvalue weighted by atomic mass is 10.2. The van der Waals surface area contributed by atoms with Crippen LogP contribution in [-0.4, -0.2) is 32.8 Å². The Kier molecular flexibility index (Phi) is 4.32. The van der Waals surface area contributed by atoms with Gasteiger partial charge in [-0.15, -0.1) is 0 Å². The number of carbonyl (C=O) groups excluding carboxylic acids is 1. The number of ether oxygens (including phenoxy) is 1. The highest BCUT2D eigenvalue weighted by Crippen LogP contribution is 2.25. The fraction of sp³-hybridized carbons (Fsp3) is 0.105. The Balaban J connectivity index is 1.59. The summed E-state index contributed by atoms with van der Waals surface area (Å²) in [5.41, 5.74) is 2.10. The molecular formula is C19H15N5O4. The van der Waals surface area contributed by atoms with Crippen LogP contribution < -0.4 is 15.6 Å². The quantitative estimate of drug-likeness (QED) is 0.580. The Morgan fingerprint density at radius 3 is 2.75 bits per heavy atom. The summed E-state index contributed by atoms with van der Waals surface area (Å²) < 4.78 is 11.9. The second kappa shape index (κ2) is 6.95. The second-order valence-electron chi connectivity index (χ2n) is 5.92. The van der Waals surface area contributed by atoms with Crippen LogP contribution >= 0.6 is 0 Å². The summed E-state index contributed by atoms with van der Waals surface area (Å²) in [6, 6.07) is 11.3. The molecule has 9 heteroatoms. The number of hydrogen-bond donors (Lipinski definition) is 1. The number of fused-ring (bicyclic) bond motifs is 1. The van der Waals surface area contributed by atoms with Crippen LogP contribution in [-0.2, 0) is 7.05 Å². The highest BCUT2D eigenvalue weighted by Gasteiger charge is 2.13. The largest absolute Gasteiger partial charge is 0.495 e. The van der Waals surface area contributed by atoms with E-state index in [1.54, 1.807) is 43.4 Å². The third-order valence-corrected chi connectivity index (χ3v) is 4.03. The summed E-state index contributed by atoms with van der Waals surface area (Å²) in [4.78, 5) is 32.3. The van der Waals surface area contributed by atoms with Gasteiger partial charge in [0.1, 0.15) is 22.7 Å². The van der Waals surface area contributed by atoms with Crippen molar-refractivity contribution in [2.45, 2.75) is 0 Å². The number of pyridine rings is 1. The molecule has 28 heavy (non-hydrogen) atoms. The molecule has 0 aliphatic heterocycles. The van der Waals surface area contributed by atoms with E-state index in [0.29, 0.717) is 28.2 Å². The maximum Gasteiger partial charge on any atom is 0.274 e. The monoisotopic (exact) mass is 377 g/mol. The van der Waals surface area contributed by atoms with Gasteiger partial charge < -0.3 is 14.5 Å². The molecule has 0 atom stereocenters. The molecule has 0 spiro atoms. The van der Waals surface area contributed by atoms with Gasteiger partial charge in [0.15, 0.2) is 5.58 Å². The number of benzene rings is 1. The van der Waals surface area contributed by atoms with E-state index >= 15 is 0 Å². The van der Waals surface area contributed by atoms with Crippen molar-refractivity contribution in [3.63, 3.8) is 0 Å². The van der Waals surface area contributed by atoms with E-state index in [0.717, 1.165) is 0 Å². The van der Waals surface area contributed by atoms with E-state index in [-0.39, 0.29) is 23.1 Å². The number of methoxy groups -OCH3 is 1. The van der Waals surface area contributed by atoms with Crippen LogP contribution in [0.15, 0.2) is 57.9 Å². The van der Waals surface area contributed by atoms with E-state index in [4.69, 9.17) is 9.15 Å². The first-order valence-electron chi connectivity index (χ1n) is 8.30. The van der Waals surface area contributed by atoms with Crippen molar-refractivity contribution in [2.75, 3.05) is 12.4 Å². The predicted octanol–water partition coefficient (Wildman–Crippen LogP) is 2.24. The molecule has 0 bridgehead atoms. The molecule has 0 aliphatic rings. The zero-order valence-corrected chi connectivity index (χ0v) is 15.0. The molecule has 0 unspecified atom stereocenters. The Labute approximate surface area is 158 Å². The van der Waals surface area contributed by atoms with Gasteiger partial charge in [-0.3, -0.25) is 9.59 Å². The molecule has 0 aliphatic carbocycles. The summed E-state index contributed by atoms with van der Waals surface area (Å²) in [5, 5.41) is 6.89. The Morgan fingerprint density at radius 1 is 1.18 bits per heavy atom. The van der Waals surface area contributed by atoms with Crippen LogP contribution in [0.4, 0.5) is 5.69 Å². The molecule has 1 amide bonds. The van der Waals surface area contributed by atoms with E-state index in [1.807, 2.05) is 0 Å². The van der Waals surface area contributed by atoms with Gasteiger partial charge in [-0.2, -0.15) is 5.10 Å². The van der Waals surface area contributed by atoms with E-state index in [9.17, 15) is 9.59 Å². The highest BCUT2D eigenvalue weighted by atomic mass is 16.5. The average Bonchev–Trinajstić information content (AvgIpc) is 3.13. The lowest BCUT2D eigenvalue weighted by molar-refractivity contribution is 0.102. The van der Waals surface area contributed by atoms with Crippen molar-refractivity contribution < 1.29 is 13.9 Å². The van der Waals surface area contributed by atoms with Crippen LogP contribution in [0.3, 0.4) is 0 Å². The van der Waals surface area contributed by atoms with Crippen LogP contribution in [0.5, 0.6) is 5.75 Å². The van der Waals surface area contributed by atoms with E-state index in [2.05, 4.69) is 20.4 Å². The third kappa shape index (κ3) is 3.32. The zero-order valence-electron chi connectivity index (χ0n) is 15.0. The average molecular weight is 377 g/mol. The molecule has 0 saturated carbocycles. The van der Waals surface area contributed by atoms with Gasteiger partial charge in [-0.05, 0) is 36.4 Å². The number of aromatic nitrogens is 4. The molecule has 4 rings (SSSR count). The number of aryl methyl sites for hydroxylation is 1. The second-order valence-corrected chi connectivity index (χ2v) is 5.92. The van der Waals surface area contributed by atoms with Gasteiger partial charge in [0.05, 0.1) is 13.3 Å². The zero-order chi connectivity index (χ0) is 19.7. The normalized spacial score (nSPS) is 10.8. The van der Waals surface area contributed by atoms with Crippen molar-refractivity contribution >= 4 is 22.7 Å². The fourth-order valence-corrected chi connectivity index (χ4v) is 2.56. The molecule has 4 aromatic rings. The van der Waals surface area contributed by atoms with Crippen LogP contribution in [0.25, 0.3) is 22.7 Å². The minimum atomic E-state index is -0.356. The topological polar surface area (TPSA) is 112 Å². The third-order valence-electron chi connectivity index (χ3n) is 4.03. The first-order chi connectivity index (χ1) is 13.5. The predicted molar refractivity (Wildman–Crippen MR) is 101 cm³/mol. The number of rotatable bonds is 4. The van der Waals surface area contributed by atoms with E-state index < -0.39 is 0 Å². The minimum Gasteiger partial charge on any atom is -0.495 e. The summed E-state index contributed by atoms with van der Waals surface area (Å²) in [7, 11) is 3.08. The number of amides is 1. The van der Waals surface area contributed by atoms with Crippen LogP contribution in [0.2, 0.25) is 0 Å². The van der Waals surface area contributed by atoms with Crippen molar-refractivity contribution in [3.8, 4) is 17.3 Å². The molecule has 140 valence electrons.